The Hall–Kier alpha value is -3.36. The summed E-state index contributed by atoms with van der Waals surface area (Å²) in [6, 6.07) is 5.81. The fourth-order valence-electron chi connectivity index (χ4n) is 3.92. The average Bonchev–Trinajstić information content (AvgIpc) is 3.46. The summed E-state index contributed by atoms with van der Waals surface area (Å²) in [5, 5.41) is 2.93. The highest BCUT2D eigenvalue weighted by molar-refractivity contribution is 5.99. The third-order valence-corrected chi connectivity index (χ3v) is 5.35. The molecule has 1 aliphatic heterocycles. The first-order valence-corrected chi connectivity index (χ1v) is 9.27. The lowest BCUT2D eigenvalue weighted by Gasteiger charge is -2.18. The highest BCUT2D eigenvalue weighted by atomic mass is 19.4. The summed E-state index contributed by atoms with van der Waals surface area (Å²) in [6.45, 7) is 0. The van der Waals surface area contributed by atoms with Gasteiger partial charge >= 0.3 is 6.18 Å². The van der Waals surface area contributed by atoms with Crippen molar-refractivity contribution in [3.8, 4) is 11.4 Å². The summed E-state index contributed by atoms with van der Waals surface area (Å²) in [4.78, 5) is 25.0. The minimum Gasteiger partial charge on any atom is -0.349 e. The molecule has 1 aromatic carbocycles. The van der Waals surface area contributed by atoms with Gasteiger partial charge in [0.25, 0.3) is 5.91 Å². The number of hydrogen-bond donors (Lipinski definition) is 1. The first-order chi connectivity index (χ1) is 14.3. The molecule has 1 fully saturated rings. The maximum absolute atomic E-state index is 13.7. The van der Waals surface area contributed by atoms with Crippen LogP contribution in [0, 0.1) is 5.82 Å². The largest absolute Gasteiger partial charge is 0.416 e. The van der Waals surface area contributed by atoms with Crippen LogP contribution >= 0.6 is 0 Å². The molecule has 3 heterocycles. The standard InChI is InChI=1S/C21H14F4N4O/c22-12-4-10(3-11(6-12)21(23,24)25)5-13-7-17(28-9-27-13)19-18-14(1-2-26-19)20(30)29-16-8-15(16)18/h1-4,6-7,9,15-16H,5,8H2,(H,29,30). The van der Waals surface area contributed by atoms with E-state index in [1.807, 2.05) is 0 Å². The fourth-order valence-corrected chi connectivity index (χ4v) is 3.92. The van der Waals surface area contributed by atoms with Crippen molar-refractivity contribution in [1.82, 2.24) is 20.3 Å². The van der Waals surface area contributed by atoms with Gasteiger partial charge in [0.2, 0.25) is 0 Å². The Morgan fingerprint density at radius 1 is 1.10 bits per heavy atom. The molecule has 152 valence electrons. The van der Waals surface area contributed by atoms with Crippen LogP contribution in [0.1, 0.15) is 45.1 Å². The predicted octanol–water partition coefficient (Wildman–Crippen LogP) is 3.89. The van der Waals surface area contributed by atoms with Crippen LogP contribution in [-0.2, 0) is 12.6 Å². The van der Waals surface area contributed by atoms with E-state index < -0.39 is 17.6 Å². The highest BCUT2D eigenvalue weighted by Crippen LogP contribution is 2.48. The maximum Gasteiger partial charge on any atom is 0.416 e. The monoisotopic (exact) mass is 414 g/mol. The molecule has 3 aromatic rings. The molecule has 0 saturated heterocycles. The van der Waals surface area contributed by atoms with Gasteiger partial charge in [-0.25, -0.2) is 14.4 Å². The Kier molecular flexibility index (Phi) is 4.09. The normalized spacial score (nSPS) is 19.7. The van der Waals surface area contributed by atoms with Crippen LogP contribution in [-0.4, -0.2) is 26.9 Å². The number of carbonyl (C=O) groups excluding carboxylic acids is 1. The average molecular weight is 414 g/mol. The van der Waals surface area contributed by atoms with Crippen molar-refractivity contribution in [3.63, 3.8) is 0 Å². The van der Waals surface area contributed by atoms with Gasteiger partial charge < -0.3 is 5.32 Å². The molecule has 1 amide bonds. The Morgan fingerprint density at radius 3 is 2.73 bits per heavy atom. The number of hydrogen-bond acceptors (Lipinski definition) is 4. The second-order valence-corrected chi connectivity index (χ2v) is 7.46. The van der Waals surface area contributed by atoms with Crippen molar-refractivity contribution in [2.75, 3.05) is 0 Å². The molecule has 0 spiro atoms. The fraction of sp³-hybridized carbons (Fsp3) is 0.238. The number of pyridine rings is 1. The van der Waals surface area contributed by atoms with E-state index in [4.69, 9.17) is 0 Å². The van der Waals surface area contributed by atoms with E-state index in [2.05, 4.69) is 20.3 Å². The second-order valence-electron chi connectivity index (χ2n) is 7.46. The number of benzene rings is 1. The number of fused-ring (bicyclic) bond motifs is 3. The van der Waals surface area contributed by atoms with Crippen molar-refractivity contribution < 1.29 is 22.4 Å². The molecule has 30 heavy (non-hydrogen) atoms. The minimum absolute atomic E-state index is 0.00206. The molecule has 1 aliphatic carbocycles. The number of nitrogens with one attached hydrogen (secondary N) is 1. The Morgan fingerprint density at radius 2 is 1.93 bits per heavy atom. The molecule has 2 unspecified atom stereocenters. The van der Waals surface area contributed by atoms with Crippen LogP contribution in [0.2, 0.25) is 0 Å². The Bertz CT molecular complexity index is 1180. The van der Waals surface area contributed by atoms with Crippen molar-refractivity contribution in [1.29, 1.82) is 0 Å². The number of rotatable bonds is 3. The van der Waals surface area contributed by atoms with Gasteiger partial charge in [0, 0.05) is 35.8 Å². The first-order valence-electron chi connectivity index (χ1n) is 9.27. The van der Waals surface area contributed by atoms with E-state index in [0.29, 0.717) is 28.7 Å². The Balaban J connectivity index is 1.51. The Labute approximate surface area is 168 Å². The molecule has 5 rings (SSSR count). The van der Waals surface area contributed by atoms with Gasteiger partial charge in [-0.3, -0.25) is 9.78 Å². The van der Waals surface area contributed by atoms with Crippen molar-refractivity contribution in [2.45, 2.75) is 31.0 Å². The van der Waals surface area contributed by atoms with Crippen LogP contribution in [0.25, 0.3) is 11.4 Å². The molecule has 2 aliphatic rings. The van der Waals surface area contributed by atoms with Crippen LogP contribution < -0.4 is 5.32 Å². The van der Waals surface area contributed by atoms with Crippen LogP contribution in [0.4, 0.5) is 17.6 Å². The first kappa shape index (κ1) is 18.7. The van der Waals surface area contributed by atoms with Gasteiger partial charge in [-0.15, -0.1) is 0 Å². The number of amides is 1. The summed E-state index contributed by atoms with van der Waals surface area (Å²) < 4.78 is 52.6. The zero-order chi connectivity index (χ0) is 21.0. The summed E-state index contributed by atoms with van der Waals surface area (Å²) >= 11 is 0. The smallest absolute Gasteiger partial charge is 0.349 e. The SMILES string of the molecule is O=C1NC2CC2c2c1ccnc2-c1cc(Cc2cc(F)cc(C(F)(F)F)c2)ncn1. The summed E-state index contributed by atoms with van der Waals surface area (Å²) in [5.41, 5.74) is 1.96. The molecule has 2 atom stereocenters. The van der Waals surface area contributed by atoms with E-state index >= 15 is 0 Å². The summed E-state index contributed by atoms with van der Waals surface area (Å²) in [6.07, 6.45) is -0.984. The van der Waals surface area contributed by atoms with E-state index in [0.717, 1.165) is 24.1 Å². The zero-order valence-electron chi connectivity index (χ0n) is 15.4. The minimum atomic E-state index is -4.64. The molecule has 0 radical (unpaired) electrons. The molecule has 0 bridgehead atoms. The van der Waals surface area contributed by atoms with Crippen LogP contribution in [0.15, 0.2) is 42.9 Å². The van der Waals surface area contributed by atoms with Gasteiger partial charge in [-0.05, 0) is 47.9 Å². The number of nitrogens with zero attached hydrogens (tertiary/aromatic N) is 3. The second kappa shape index (κ2) is 6.58. The predicted molar refractivity (Wildman–Crippen MR) is 98.1 cm³/mol. The number of carbonyl (C=O) groups is 1. The van der Waals surface area contributed by atoms with E-state index in [9.17, 15) is 22.4 Å². The molecule has 5 nitrogen and oxygen atoms in total. The molecule has 1 N–H and O–H groups in total. The quantitative estimate of drug-likeness (QED) is 0.661. The van der Waals surface area contributed by atoms with Crippen molar-refractivity contribution >= 4 is 5.91 Å². The molecule has 1 saturated carbocycles. The molecule has 9 heteroatoms. The number of aromatic nitrogens is 3. The van der Waals surface area contributed by atoms with Crippen LogP contribution in [0.3, 0.4) is 0 Å². The molecular weight excluding hydrogens is 400 g/mol. The molecule has 2 aromatic heterocycles. The third kappa shape index (κ3) is 3.30. The maximum atomic E-state index is 13.7. The number of halogens is 4. The van der Waals surface area contributed by atoms with Gasteiger partial charge in [0.05, 0.1) is 17.0 Å². The van der Waals surface area contributed by atoms with Gasteiger partial charge in [0.1, 0.15) is 12.1 Å². The zero-order valence-corrected chi connectivity index (χ0v) is 15.4. The third-order valence-electron chi connectivity index (χ3n) is 5.35. The van der Waals surface area contributed by atoms with Gasteiger partial charge in [-0.1, -0.05) is 0 Å². The van der Waals surface area contributed by atoms with Crippen LogP contribution in [0.5, 0.6) is 0 Å². The topological polar surface area (TPSA) is 67.8 Å². The summed E-state index contributed by atoms with van der Waals surface area (Å²) in [7, 11) is 0. The van der Waals surface area contributed by atoms with E-state index in [1.54, 1.807) is 12.1 Å². The van der Waals surface area contributed by atoms with E-state index in [1.165, 1.54) is 12.5 Å². The van der Waals surface area contributed by atoms with Crippen molar-refractivity contribution in [2.24, 2.45) is 0 Å². The lowest BCUT2D eigenvalue weighted by Crippen LogP contribution is -2.31. The molecular formula is C21H14F4N4O. The van der Waals surface area contributed by atoms with Crippen molar-refractivity contribution in [3.05, 3.63) is 76.6 Å². The lowest BCUT2D eigenvalue weighted by atomic mass is 9.96. The van der Waals surface area contributed by atoms with Gasteiger partial charge in [0.15, 0.2) is 0 Å². The van der Waals surface area contributed by atoms with Gasteiger partial charge in [-0.2, -0.15) is 13.2 Å². The van der Waals surface area contributed by atoms with E-state index in [-0.39, 0.29) is 29.9 Å². The summed E-state index contributed by atoms with van der Waals surface area (Å²) in [5.74, 6) is -0.933. The lowest BCUT2D eigenvalue weighted by molar-refractivity contribution is -0.137. The number of alkyl halides is 3. The highest BCUT2D eigenvalue weighted by Gasteiger charge is 2.47.